The Kier molecular flexibility index (Phi) is 3.06. The lowest BCUT2D eigenvalue weighted by Crippen LogP contribution is -2.47. The van der Waals surface area contributed by atoms with E-state index in [0.717, 1.165) is 0 Å². The van der Waals surface area contributed by atoms with Crippen LogP contribution in [0.15, 0.2) is 18.3 Å². The molecule has 90 valence electrons. The molecule has 1 aromatic rings. The van der Waals surface area contributed by atoms with E-state index in [2.05, 4.69) is 10.3 Å². The number of aliphatic hydroxyl groups is 1. The molecule has 3 N–H and O–H groups in total. The first-order valence-corrected chi connectivity index (χ1v) is 5.25. The molecule has 0 aromatic carbocycles. The topological polar surface area (TPSA) is 99.5 Å². The van der Waals surface area contributed by atoms with Crippen molar-refractivity contribution in [3.05, 3.63) is 29.6 Å². The fraction of sp³-hybridized carbons (Fsp3) is 0.364. The van der Waals surface area contributed by atoms with Crippen molar-refractivity contribution in [2.75, 3.05) is 0 Å². The summed E-state index contributed by atoms with van der Waals surface area (Å²) in [6.07, 6.45) is 2.00. The van der Waals surface area contributed by atoms with E-state index in [4.69, 9.17) is 10.2 Å². The highest BCUT2D eigenvalue weighted by molar-refractivity contribution is 6.03. The van der Waals surface area contributed by atoms with E-state index in [-0.39, 0.29) is 23.4 Å². The van der Waals surface area contributed by atoms with Gasteiger partial charge < -0.3 is 15.5 Å². The number of nitrogens with one attached hydrogen (secondary N) is 1. The molecule has 6 nitrogen and oxygen atoms in total. The lowest BCUT2D eigenvalue weighted by molar-refractivity contribution is 0.0553. The quantitative estimate of drug-likeness (QED) is 0.687. The zero-order chi connectivity index (χ0) is 12.4. The predicted octanol–water partition coefficient (Wildman–Crippen LogP) is 0.0329. The standard InChI is InChI=1S/C11H12N2O4/c14-7-4-6(5-7)13-10(15)9-8(11(16)17)2-1-3-12-9/h1-3,6-7,14H,4-5H2,(H,13,15)(H,16,17). The Hall–Kier alpha value is -1.95. The SMILES string of the molecule is O=C(O)c1cccnc1C(=O)NC1CC(O)C1. The van der Waals surface area contributed by atoms with E-state index in [9.17, 15) is 9.59 Å². The van der Waals surface area contributed by atoms with Gasteiger partial charge in [-0.2, -0.15) is 0 Å². The second-order valence-corrected chi connectivity index (χ2v) is 4.00. The largest absolute Gasteiger partial charge is 0.478 e. The number of aromatic carboxylic acids is 1. The molecule has 6 heteroatoms. The summed E-state index contributed by atoms with van der Waals surface area (Å²) >= 11 is 0. The summed E-state index contributed by atoms with van der Waals surface area (Å²) in [5, 5.41) is 20.6. The number of aromatic nitrogens is 1. The lowest BCUT2D eigenvalue weighted by Gasteiger charge is -2.31. The van der Waals surface area contributed by atoms with Crippen LogP contribution in [0.1, 0.15) is 33.7 Å². The Morgan fingerprint density at radius 3 is 2.71 bits per heavy atom. The molecule has 1 aromatic heterocycles. The Labute approximate surface area is 97.3 Å². The van der Waals surface area contributed by atoms with Crippen LogP contribution in [0.25, 0.3) is 0 Å². The Bertz CT molecular complexity index is 455. The van der Waals surface area contributed by atoms with Crippen LogP contribution in [0.2, 0.25) is 0 Å². The van der Waals surface area contributed by atoms with Gasteiger partial charge in [-0.3, -0.25) is 9.78 Å². The monoisotopic (exact) mass is 236 g/mol. The maximum atomic E-state index is 11.8. The molecular formula is C11H12N2O4. The van der Waals surface area contributed by atoms with Crippen molar-refractivity contribution in [1.29, 1.82) is 0 Å². The first-order chi connectivity index (χ1) is 8.08. The molecule has 1 saturated carbocycles. The molecular weight excluding hydrogens is 224 g/mol. The smallest absolute Gasteiger partial charge is 0.338 e. The number of hydrogen-bond acceptors (Lipinski definition) is 4. The number of aliphatic hydroxyl groups excluding tert-OH is 1. The Balaban J connectivity index is 2.11. The molecule has 0 spiro atoms. The highest BCUT2D eigenvalue weighted by Gasteiger charge is 2.29. The van der Waals surface area contributed by atoms with Crippen molar-refractivity contribution in [2.45, 2.75) is 25.0 Å². The first-order valence-electron chi connectivity index (χ1n) is 5.25. The van der Waals surface area contributed by atoms with Crippen LogP contribution in [-0.4, -0.2) is 39.2 Å². The minimum absolute atomic E-state index is 0.0959. The third-order valence-electron chi connectivity index (χ3n) is 2.70. The van der Waals surface area contributed by atoms with Gasteiger partial charge in [-0.15, -0.1) is 0 Å². The van der Waals surface area contributed by atoms with E-state index in [1.165, 1.54) is 18.3 Å². The highest BCUT2D eigenvalue weighted by atomic mass is 16.4. The van der Waals surface area contributed by atoms with Crippen LogP contribution in [0.5, 0.6) is 0 Å². The van der Waals surface area contributed by atoms with Crippen LogP contribution in [0.3, 0.4) is 0 Å². The molecule has 1 heterocycles. The maximum absolute atomic E-state index is 11.8. The summed E-state index contributed by atoms with van der Waals surface area (Å²) in [5.41, 5.74) is -0.216. The van der Waals surface area contributed by atoms with Gasteiger partial charge in [-0.1, -0.05) is 0 Å². The third kappa shape index (κ3) is 2.42. The predicted molar refractivity (Wildman–Crippen MR) is 57.7 cm³/mol. The van der Waals surface area contributed by atoms with Crippen molar-refractivity contribution >= 4 is 11.9 Å². The van der Waals surface area contributed by atoms with Gasteiger partial charge in [0.05, 0.1) is 11.7 Å². The second-order valence-electron chi connectivity index (χ2n) is 4.00. The number of carbonyl (C=O) groups is 2. The van der Waals surface area contributed by atoms with Gasteiger partial charge in [0.2, 0.25) is 0 Å². The molecule has 0 saturated heterocycles. The summed E-state index contributed by atoms with van der Waals surface area (Å²) in [6, 6.07) is 2.70. The second kappa shape index (κ2) is 4.50. The number of rotatable bonds is 3. The van der Waals surface area contributed by atoms with E-state index < -0.39 is 11.9 Å². The number of pyridine rings is 1. The van der Waals surface area contributed by atoms with E-state index in [0.29, 0.717) is 12.8 Å². The normalized spacial score (nSPS) is 22.6. The van der Waals surface area contributed by atoms with Gasteiger partial charge in [0.1, 0.15) is 5.69 Å². The number of nitrogens with zero attached hydrogens (tertiary/aromatic N) is 1. The fourth-order valence-corrected chi connectivity index (χ4v) is 1.72. The zero-order valence-electron chi connectivity index (χ0n) is 8.96. The van der Waals surface area contributed by atoms with Gasteiger partial charge in [0.15, 0.2) is 0 Å². The zero-order valence-corrected chi connectivity index (χ0v) is 8.96. The van der Waals surface area contributed by atoms with Gasteiger partial charge in [-0.25, -0.2) is 4.79 Å². The number of hydrogen-bond donors (Lipinski definition) is 3. The molecule has 1 aliphatic rings. The van der Waals surface area contributed by atoms with Crippen LogP contribution in [0.4, 0.5) is 0 Å². The van der Waals surface area contributed by atoms with E-state index >= 15 is 0 Å². The molecule has 0 atom stereocenters. The van der Waals surface area contributed by atoms with Crippen LogP contribution in [-0.2, 0) is 0 Å². The van der Waals surface area contributed by atoms with Crippen molar-refractivity contribution in [2.24, 2.45) is 0 Å². The van der Waals surface area contributed by atoms with Crippen LogP contribution < -0.4 is 5.32 Å². The summed E-state index contributed by atoms with van der Waals surface area (Å²) < 4.78 is 0. The Morgan fingerprint density at radius 1 is 1.41 bits per heavy atom. The van der Waals surface area contributed by atoms with Gasteiger partial charge in [0.25, 0.3) is 5.91 Å². The van der Waals surface area contributed by atoms with Gasteiger partial charge >= 0.3 is 5.97 Å². The number of amides is 1. The number of carboxylic acids is 1. The average Bonchev–Trinajstić information content (AvgIpc) is 2.27. The highest BCUT2D eigenvalue weighted by Crippen LogP contribution is 2.19. The molecule has 0 radical (unpaired) electrons. The summed E-state index contributed by atoms with van der Waals surface area (Å²) in [7, 11) is 0. The molecule has 1 aliphatic carbocycles. The molecule has 0 unspecified atom stereocenters. The molecule has 0 aliphatic heterocycles. The van der Waals surface area contributed by atoms with Gasteiger partial charge in [0, 0.05) is 12.2 Å². The van der Waals surface area contributed by atoms with Gasteiger partial charge in [-0.05, 0) is 25.0 Å². The molecule has 17 heavy (non-hydrogen) atoms. The first kappa shape index (κ1) is 11.5. The minimum Gasteiger partial charge on any atom is -0.478 e. The van der Waals surface area contributed by atoms with Crippen LogP contribution >= 0.6 is 0 Å². The molecule has 1 fully saturated rings. The fourth-order valence-electron chi connectivity index (χ4n) is 1.72. The van der Waals surface area contributed by atoms with Crippen LogP contribution in [0, 0.1) is 0 Å². The average molecular weight is 236 g/mol. The van der Waals surface area contributed by atoms with Crippen molar-refractivity contribution in [3.8, 4) is 0 Å². The third-order valence-corrected chi connectivity index (χ3v) is 2.70. The summed E-state index contributed by atoms with van der Waals surface area (Å²) in [6.45, 7) is 0. The molecule has 1 amide bonds. The summed E-state index contributed by atoms with van der Waals surface area (Å²) in [4.78, 5) is 26.4. The van der Waals surface area contributed by atoms with Crippen molar-refractivity contribution < 1.29 is 19.8 Å². The van der Waals surface area contributed by atoms with E-state index in [1.54, 1.807) is 0 Å². The van der Waals surface area contributed by atoms with E-state index in [1.807, 2.05) is 0 Å². The lowest BCUT2D eigenvalue weighted by atomic mass is 9.89. The maximum Gasteiger partial charge on any atom is 0.338 e. The molecule has 0 bridgehead atoms. The Morgan fingerprint density at radius 2 is 2.12 bits per heavy atom. The van der Waals surface area contributed by atoms with Crippen molar-refractivity contribution in [1.82, 2.24) is 10.3 Å². The minimum atomic E-state index is -1.18. The summed E-state index contributed by atoms with van der Waals surface area (Å²) in [5.74, 6) is -1.70. The molecule has 2 rings (SSSR count). The van der Waals surface area contributed by atoms with Crippen molar-refractivity contribution in [3.63, 3.8) is 0 Å². The number of carboxylic acid groups (broad SMARTS) is 1. The number of carbonyl (C=O) groups excluding carboxylic acids is 1.